The number of sulfonamides is 1. The highest BCUT2D eigenvalue weighted by molar-refractivity contribution is 7.88. The van der Waals surface area contributed by atoms with Crippen LogP contribution < -0.4 is 10.0 Å². The van der Waals surface area contributed by atoms with Crippen LogP contribution in [0.2, 0.25) is 0 Å². The number of rotatable bonds is 4. The predicted molar refractivity (Wildman–Crippen MR) is 91.2 cm³/mol. The molecule has 23 heavy (non-hydrogen) atoms. The summed E-state index contributed by atoms with van der Waals surface area (Å²) in [6.07, 6.45) is 4.83. The van der Waals surface area contributed by atoms with E-state index < -0.39 is 10.0 Å². The van der Waals surface area contributed by atoms with Crippen molar-refractivity contribution in [3.05, 3.63) is 21.9 Å². The van der Waals surface area contributed by atoms with Crippen molar-refractivity contribution in [2.45, 2.75) is 37.8 Å². The van der Waals surface area contributed by atoms with Gasteiger partial charge in [-0.3, -0.25) is 4.79 Å². The molecule has 1 amide bonds. The second kappa shape index (κ2) is 6.88. The molecule has 3 heterocycles. The van der Waals surface area contributed by atoms with Crippen molar-refractivity contribution in [1.82, 2.24) is 14.9 Å². The van der Waals surface area contributed by atoms with E-state index in [1.54, 1.807) is 11.3 Å². The Hall–Kier alpha value is -0.960. The summed E-state index contributed by atoms with van der Waals surface area (Å²) in [5.41, 5.74) is 0. The van der Waals surface area contributed by atoms with Crippen LogP contribution in [0.4, 0.5) is 0 Å². The summed E-state index contributed by atoms with van der Waals surface area (Å²) < 4.78 is 25.2. The fourth-order valence-electron chi connectivity index (χ4n) is 3.24. The molecule has 128 valence electrons. The Balaban J connectivity index is 1.57. The highest BCUT2D eigenvalue weighted by atomic mass is 32.2. The third-order valence-corrected chi connectivity index (χ3v) is 6.35. The normalized spacial score (nSPS) is 23.3. The van der Waals surface area contributed by atoms with E-state index in [0.29, 0.717) is 32.0 Å². The van der Waals surface area contributed by atoms with E-state index in [0.717, 1.165) is 17.8 Å². The number of nitrogens with one attached hydrogen (secondary N) is 2. The maximum Gasteiger partial charge on any atom is 0.263 e. The molecular weight excluding hydrogens is 334 g/mol. The minimum atomic E-state index is -3.18. The molecule has 0 radical (unpaired) electrons. The van der Waals surface area contributed by atoms with Gasteiger partial charge in [0.2, 0.25) is 10.0 Å². The zero-order valence-electron chi connectivity index (χ0n) is 13.2. The van der Waals surface area contributed by atoms with Crippen molar-refractivity contribution < 1.29 is 13.2 Å². The molecular formula is C15H23N3O3S2. The van der Waals surface area contributed by atoms with Crippen molar-refractivity contribution in [1.29, 1.82) is 0 Å². The summed E-state index contributed by atoms with van der Waals surface area (Å²) in [4.78, 5) is 16.4. The molecule has 3 rings (SSSR count). The van der Waals surface area contributed by atoms with Gasteiger partial charge in [0.25, 0.3) is 5.91 Å². The first-order chi connectivity index (χ1) is 10.9. The zero-order valence-corrected chi connectivity index (χ0v) is 14.9. The molecule has 1 aromatic heterocycles. The Labute approximate surface area is 141 Å². The van der Waals surface area contributed by atoms with E-state index in [9.17, 15) is 13.2 Å². The topological polar surface area (TPSA) is 78.5 Å². The van der Waals surface area contributed by atoms with Crippen LogP contribution in [0.15, 0.2) is 12.1 Å². The molecule has 0 saturated carbocycles. The molecule has 8 heteroatoms. The van der Waals surface area contributed by atoms with Gasteiger partial charge in [0, 0.05) is 30.1 Å². The number of thiophene rings is 1. The fraction of sp³-hybridized carbons (Fsp3) is 0.667. The zero-order chi connectivity index (χ0) is 16.4. The van der Waals surface area contributed by atoms with Gasteiger partial charge >= 0.3 is 0 Å². The first-order valence-corrected chi connectivity index (χ1v) is 10.7. The molecule has 0 bridgehead atoms. The summed E-state index contributed by atoms with van der Waals surface area (Å²) in [6.45, 7) is 2.24. The largest absolute Gasteiger partial charge is 0.338 e. The van der Waals surface area contributed by atoms with Crippen LogP contribution in [0.3, 0.4) is 0 Å². The summed E-state index contributed by atoms with van der Waals surface area (Å²) in [5, 5.41) is 3.45. The van der Waals surface area contributed by atoms with Gasteiger partial charge in [-0.25, -0.2) is 13.1 Å². The van der Waals surface area contributed by atoms with Crippen LogP contribution in [0.5, 0.6) is 0 Å². The summed E-state index contributed by atoms with van der Waals surface area (Å²) in [5.74, 6) is 0.0667. The molecule has 1 atom stereocenters. The summed E-state index contributed by atoms with van der Waals surface area (Å²) >= 11 is 1.58. The number of amides is 1. The third-order valence-electron chi connectivity index (χ3n) is 4.40. The van der Waals surface area contributed by atoms with Crippen LogP contribution in [0.1, 0.15) is 46.3 Å². The third kappa shape index (κ3) is 4.32. The summed E-state index contributed by atoms with van der Waals surface area (Å²) in [6, 6.07) is 4.31. The molecule has 2 fully saturated rings. The Morgan fingerprint density at radius 1 is 1.30 bits per heavy atom. The quantitative estimate of drug-likeness (QED) is 0.852. The molecule has 1 unspecified atom stereocenters. The van der Waals surface area contributed by atoms with E-state index in [-0.39, 0.29) is 11.9 Å². The fourth-order valence-corrected chi connectivity index (χ4v) is 5.17. The van der Waals surface area contributed by atoms with Crippen LogP contribution in [0.25, 0.3) is 0 Å². The lowest BCUT2D eigenvalue weighted by Gasteiger charge is -2.31. The second-order valence-corrected chi connectivity index (χ2v) is 9.20. The average Bonchev–Trinajstić information content (AvgIpc) is 3.17. The summed E-state index contributed by atoms with van der Waals surface area (Å²) in [7, 11) is -3.18. The standard InChI is InChI=1S/C15H23N3O3S2/c1-23(20,21)17-11-6-9-18(10-7-11)15(19)14-5-4-13(22-14)12-3-2-8-16-12/h4-5,11-12,16-17H,2-3,6-10H2,1H3. The maximum absolute atomic E-state index is 12.6. The minimum absolute atomic E-state index is 0.0596. The van der Waals surface area contributed by atoms with E-state index in [2.05, 4.69) is 16.1 Å². The van der Waals surface area contributed by atoms with Gasteiger partial charge in [-0.05, 0) is 44.4 Å². The van der Waals surface area contributed by atoms with Gasteiger partial charge in [-0.1, -0.05) is 0 Å². The number of hydrogen-bond donors (Lipinski definition) is 2. The van der Waals surface area contributed by atoms with Crippen LogP contribution in [0, 0.1) is 0 Å². The van der Waals surface area contributed by atoms with Gasteiger partial charge in [0.15, 0.2) is 0 Å². The van der Waals surface area contributed by atoms with Gasteiger partial charge in [0.1, 0.15) is 0 Å². The SMILES string of the molecule is CS(=O)(=O)NC1CCN(C(=O)c2ccc(C3CCCN3)s2)CC1. The number of carbonyl (C=O) groups is 1. The van der Waals surface area contributed by atoms with E-state index in [4.69, 9.17) is 0 Å². The molecule has 0 aromatic carbocycles. The van der Waals surface area contributed by atoms with E-state index >= 15 is 0 Å². The first kappa shape index (κ1) is 16.9. The number of likely N-dealkylation sites (tertiary alicyclic amines) is 1. The van der Waals surface area contributed by atoms with Gasteiger partial charge < -0.3 is 10.2 Å². The van der Waals surface area contributed by atoms with Crippen LogP contribution in [-0.2, 0) is 10.0 Å². The minimum Gasteiger partial charge on any atom is -0.338 e. The molecule has 2 aliphatic rings. The molecule has 2 N–H and O–H groups in total. The van der Waals surface area contributed by atoms with Crippen LogP contribution >= 0.6 is 11.3 Å². The monoisotopic (exact) mass is 357 g/mol. The smallest absolute Gasteiger partial charge is 0.263 e. The molecule has 0 spiro atoms. The van der Waals surface area contributed by atoms with Crippen LogP contribution in [-0.4, -0.2) is 51.2 Å². The van der Waals surface area contributed by atoms with Crippen molar-refractivity contribution in [3.8, 4) is 0 Å². The van der Waals surface area contributed by atoms with Crippen molar-refractivity contribution in [2.24, 2.45) is 0 Å². The maximum atomic E-state index is 12.6. The first-order valence-electron chi connectivity index (χ1n) is 8.02. The number of piperidine rings is 1. The van der Waals surface area contributed by atoms with Crippen molar-refractivity contribution >= 4 is 27.3 Å². The Kier molecular flexibility index (Phi) is 5.05. The highest BCUT2D eigenvalue weighted by Crippen LogP contribution is 2.30. The van der Waals surface area contributed by atoms with E-state index in [1.807, 2.05) is 11.0 Å². The van der Waals surface area contributed by atoms with Crippen molar-refractivity contribution in [2.75, 3.05) is 25.9 Å². The lowest BCUT2D eigenvalue weighted by Crippen LogP contribution is -2.46. The van der Waals surface area contributed by atoms with Crippen molar-refractivity contribution in [3.63, 3.8) is 0 Å². The Morgan fingerprint density at radius 3 is 2.65 bits per heavy atom. The number of nitrogens with zero attached hydrogens (tertiary/aromatic N) is 1. The second-order valence-electron chi connectivity index (χ2n) is 6.31. The Morgan fingerprint density at radius 2 is 2.04 bits per heavy atom. The lowest BCUT2D eigenvalue weighted by molar-refractivity contribution is 0.0716. The van der Waals surface area contributed by atoms with Gasteiger partial charge in [-0.2, -0.15) is 0 Å². The predicted octanol–water partition coefficient (Wildman–Crippen LogP) is 1.33. The molecule has 6 nitrogen and oxygen atoms in total. The number of carbonyl (C=O) groups excluding carboxylic acids is 1. The average molecular weight is 358 g/mol. The highest BCUT2D eigenvalue weighted by Gasteiger charge is 2.27. The number of hydrogen-bond acceptors (Lipinski definition) is 5. The molecule has 2 aliphatic heterocycles. The molecule has 1 aromatic rings. The lowest BCUT2D eigenvalue weighted by atomic mass is 10.1. The van der Waals surface area contributed by atoms with E-state index in [1.165, 1.54) is 17.6 Å². The Bertz CT molecular complexity index is 657. The van der Waals surface area contributed by atoms with Gasteiger partial charge in [0.05, 0.1) is 11.1 Å². The molecule has 2 saturated heterocycles. The molecule has 0 aliphatic carbocycles. The van der Waals surface area contributed by atoms with Gasteiger partial charge in [-0.15, -0.1) is 11.3 Å².